The number of nitrogens with one attached hydrogen (secondary N) is 3. The Hall–Kier alpha value is -3.54. The van der Waals surface area contributed by atoms with E-state index in [2.05, 4.69) is 30.9 Å². The van der Waals surface area contributed by atoms with Crippen LogP contribution >= 0.6 is 11.3 Å². The van der Waals surface area contributed by atoms with Gasteiger partial charge in [-0.15, -0.1) is 11.3 Å². The minimum absolute atomic E-state index is 0.00942. The molecule has 0 unspecified atom stereocenters. The molecule has 1 aliphatic heterocycles. The molecule has 1 aliphatic rings. The lowest BCUT2D eigenvalue weighted by molar-refractivity contribution is 0.0906. The third kappa shape index (κ3) is 5.18. The van der Waals surface area contributed by atoms with Gasteiger partial charge in [0.15, 0.2) is 11.4 Å². The van der Waals surface area contributed by atoms with Gasteiger partial charge in [-0.2, -0.15) is 0 Å². The number of amides is 3. The van der Waals surface area contributed by atoms with E-state index in [9.17, 15) is 14.4 Å². The molecule has 192 valence electrons. The number of rotatable bonds is 3. The SMILES string of the molecule is CC(C)[C@@H]1NC(=O)c2csc(n2)[C@H](C(C)C)NC(=O)c2coc(n2)[C@H](C(C)C)NC(=O)c2coc1n2. The first-order valence-electron chi connectivity index (χ1n) is 11.8. The number of carbonyl (C=O) groups excluding carboxylic acids is 3. The van der Waals surface area contributed by atoms with Crippen molar-refractivity contribution in [2.24, 2.45) is 17.8 Å². The molecule has 36 heavy (non-hydrogen) atoms. The van der Waals surface area contributed by atoms with E-state index in [1.165, 1.54) is 23.9 Å². The Kier molecular flexibility index (Phi) is 7.25. The lowest BCUT2D eigenvalue weighted by atomic mass is 10.0. The molecule has 4 heterocycles. The van der Waals surface area contributed by atoms with Gasteiger partial charge in [0.25, 0.3) is 17.7 Å². The van der Waals surface area contributed by atoms with Gasteiger partial charge in [0, 0.05) is 5.38 Å². The molecule has 0 saturated heterocycles. The van der Waals surface area contributed by atoms with Crippen molar-refractivity contribution in [1.82, 2.24) is 30.9 Å². The highest BCUT2D eigenvalue weighted by molar-refractivity contribution is 7.09. The first-order chi connectivity index (χ1) is 17.0. The maximum atomic E-state index is 13.0. The second-order valence-corrected chi connectivity index (χ2v) is 10.7. The van der Waals surface area contributed by atoms with Gasteiger partial charge in [-0.05, 0) is 17.8 Å². The van der Waals surface area contributed by atoms with Gasteiger partial charge in [-0.25, -0.2) is 15.0 Å². The molecule has 6 bridgehead atoms. The van der Waals surface area contributed by atoms with Gasteiger partial charge in [-0.1, -0.05) is 41.5 Å². The Bertz CT molecular complexity index is 1110. The van der Waals surface area contributed by atoms with E-state index in [0.29, 0.717) is 5.01 Å². The van der Waals surface area contributed by atoms with E-state index in [0.717, 1.165) is 0 Å². The Balaban J connectivity index is 1.78. The number of nitrogens with zero attached hydrogens (tertiary/aromatic N) is 3. The predicted molar refractivity (Wildman–Crippen MR) is 130 cm³/mol. The van der Waals surface area contributed by atoms with Crippen molar-refractivity contribution < 1.29 is 23.2 Å². The minimum atomic E-state index is -0.610. The molecule has 11 nitrogen and oxygen atoms in total. The van der Waals surface area contributed by atoms with Crippen LogP contribution in [0.25, 0.3) is 0 Å². The maximum absolute atomic E-state index is 13.0. The van der Waals surface area contributed by atoms with E-state index in [-0.39, 0.29) is 46.6 Å². The molecule has 0 aromatic carbocycles. The van der Waals surface area contributed by atoms with Crippen LogP contribution in [-0.4, -0.2) is 32.7 Å². The van der Waals surface area contributed by atoms with Crippen molar-refractivity contribution in [1.29, 1.82) is 0 Å². The minimum Gasteiger partial charge on any atom is -0.446 e. The number of hydrogen-bond acceptors (Lipinski definition) is 9. The average Bonchev–Trinajstić information content (AvgIpc) is 3.58. The molecule has 0 fully saturated rings. The molecular weight excluding hydrogens is 484 g/mol. The normalized spacial score (nSPS) is 21.2. The summed E-state index contributed by atoms with van der Waals surface area (Å²) in [5, 5.41) is 11.0. The van der Waals surface area contributed by atoms with Crippen LogP contribution in [0.2, 0.25) is 0 Å². The van der Waals surface area contributed by atoms with Gasteiger partial charge in [0.1, 0.15) is 35.3 Å². The van der Waals surface area contributed by atoms with Crippen molar-refractivity contribution >= 4 is 29.1 Å². The first kappa shape index (κ1) is 25.5. The fourth-order valence-corrected chi connectivity index (χ4v) is 4.81. The molecule has 0 spiro atoms. The number of fused-ring (bicyclic) bond motifs is 6. The van der Waals surface area contributed by atoms with Gasteiger partial charge in [0.2, 0.25) is 11.8 Å². The monoisotopic (exact) mass is 514 g/mol. The van der Waals surface area contributed by atoms with Crippen LogP contribution in [0.3, 0.4) is 0 Å². The van der Waals surface area contributed by atoms with Crippen molar-refractivity contribution in [2.75, 3.05) is 0 Å². The first-order valence-corrected chi connectivity index (χ1v) is 12.7. The van der Waals surface area contributed by atoms with E-state index >= 15 is 0 Å². The van der Waals surface area contributed by atoms with Crippen LogP contribution in [0, 0.1) is 17.8 Å². The summed E-state index contributed by atoms with van der Waals surface area (Å²) < 4.78 is 11.2. The number of thiazole rings is 1. The number of hydrogen-bond donors (Lipinski definition) is 3. The van der Waals surface area contributed by atoms with Crippen LogP contribution in [0.4, 0.5) is 0 Å². The molecule has 3 atom stereocenters. The highest BCUT2D eigenvalue weighted by Crippen LogP contribution is 2.28. The lowest BCUT2D eigenvalue weighted by Gasteiger charge is -2.20. The summed E-state index contributed by atoms with van der Waals surface area (Å²) in [5.41, 5.74) is 0.348. The van der Waals surface area contributed by atoms with Crippen LogP contribution in [0.15, 0.2) is 26.7 Å². The lowest BCUT2D eigenvalue weighted by Crippen LogP contribution is -2.34. The Labute approximate surface area is 212 Å². The van der Waals surface area contributed by atoms with E-state index < -0.39 is 35.8 Å². The molecule has 4 rings (SSSR count). The predicted octanol–water partition coefficient (Wildman–Crippen LogP) is 3.81. The third-order valence-corrected chi connectivity index (χ3v) is 6.85. The number of aromatic nitrogens is 3. The number of oxazole rings is 2. The zero-order chi connectivity index (χ0) is 26.1. The van der Waals surface area contributed by atoms with Crippen molar-refractivity contribution in [3.05, 3.63) is 51.8 Å². The molecule has 3 amide bonds. The van der Waals surface area contributed by atoms with E-state index in [4.69, 9.17) is 8.83 Å². The zero-order valence-electron chi connectivity index (χ0n) is 21.0. The summed E-state index contributed by atoms with van der Waals surface area (Å²) in [6.45, 7) is 11.5. The van der Waals surface area contributed by atoms with Gasteiger partial charge in [-0.3, -0.25) is 14.4 Å². The van der Waals surface area contributed by atoms with Gasteiger partial charge in [0.05, 0.1) is 6.04 Å². The highest BCUT2D eigenvalue weighted by atomic mass is 32.1. The Morgan fingerprint density at radius 3 is 1.53 bits per heavy atom. The fraction of sp³-hybridized carbons (Fsp3) is 0.500. The highest BCUT2D eigenvalue weighted by Gasteiger charge is 2.31. The zero-order valence-corrected chi connectivity index (χ0v) is 21.8. The molecule has 0 radical (unpaired) electrons. The Morgan fingerprint density at radius 2 is 1.08 bits per heavy atom. The topological polar surface area (TPSA) is 152 Å². The summed E-state index contributed by atoms with van der Waals surface area (Å²) >= 11 is 1.29. The fourth-order valence-electron chi connectivity index (χ4n) is 3.79. The van der Waals surface area contributed by atoms with Crippen LogP contribution in [0.1, 0.15) is 108 Å². The molecular formula is C24H30N6O5S. The van der Waals surface area contributed by atoms with E-state index in [1.54, 1.807) is 5.38 Å². The maximum Gasteiger partial charge on any atom is 0.273 e. The smallest absolute Gasteiger partial charge is 0.273 e. The average molecular weight is 515 g/mol. The molecule has 3 N–H and O–H groups in total. The number of carbonyl (C=O) groups is 3. The van der Waals surface area contributed by atoms with Crippen molar-refractivity contribution in [3.8, 4) is 0 Å². The summed E-state index contributed by atoms with van der Waals surface area (Å²) in [5.74, 6) is -1.11. The molecule has 12 heteroatoms. The standard InChI is InChI=1S/C24H30N6O5S/c1-10(2)16-22-26-14(8-35-22)20(32)30-18(12(5)6)24-27-15(9-36-24)21(33)29-17(11(3)4)23-25-13(7-34-23)19(31)28-16/h7-12,16-18H,1-6H3,(H,28,31)(H,29,33)(H,30,32)/t16-,17-,18-/m0/s1. The van der Waals surface area contributed by atoms with E-state index in [1.807, 2.05) is 41.5 Å². The second-order valence-electron chi connectivity index (χ2n) is 9.80. The Morgan fingerprint density at radius 1 is 0.667 bits per heavy atom. The molecule has 0 aliphatic carbocycles. The molecule has 3 aromatic rings. The van der Waals surface area contributed by atoms with Gasteiger partial charge < -0.3 is 24.8 Å². The quantitative estimate of drug-likeness (QED) is 0.477. The summed E-state index contributed by atoms with van der Waals surface area (Å²) in [4.78, 5) is 52.3. The largest absolute Gasteiger partial charge is 0.446 e. The van der Waals surface area contributed by atoms with Crippen LogP contribution in [-0.2, 0) is 0 Å². The molecule has 3 aromatic heterocycles. The van der Waals surface area contributed by atoms with Gasteiger partial charge >= 0.3 is 0 Å². The van der Waals surface area contributed by atoms with Crippen LogP contribution < -0.4 is 16.0 Å². The summed E-state index contributed by atoms with van der Waals surface area (Å²) in [6.07, 6.45) is 2.51. The second kappa shape index (κ2) is 10.2. The van der Waals surface area contributed by atoms with Crippen molar-refractivity contribution in [2.45, 2.75) is 59.7 Å². The van der Waals surface area contributed by atoms with Crippen LogP contribution in [0.5, 0.6) is 0 Å². The summed E-state index contributed by atoms with van der Waals surface area (Å²) in [7, 11) is 0. The molecule has 0 saturated carbocycles. The van der Waals surface area contributed by atoms with Crippen molar-refractivity contribution in [3.63, 3.8) is 0 Å². The summed E-state index contributed by atoms with van der Waals surface area (Å²) in [6, 6.07) is -1.64. The third-order valence-electron chi connectivity index (χ3n) is 5.92.